The Bertz CT molecular complexity index is 1730. The van der Waals surface area contributed by atoms with E-state index in [-0.39, 0.29) is 47.7 Å². The number of phenolic OH excluding ortho intramolecular Hbond substituents is 1. The number of amides is 4. The van der Waals surface area contributed by atoms with Crippen molar-refractivity contribution in [1.29, 1.82) is 0 Å². The van der Waals surface area contributed by atoms with Gasteiger partial charge in [0.15, 0.2) is 0 Å². The Kier molecular flexibility index (Phi) is 5.88. The minimum atomic E-state index is -1.16. The fourth-order valence-corrected chi connectivity index (χ4v) is 7.86. The van der Waals surface area contributed by atoms with Gasteiger partial charge in [-0.05, 0) is 67.6 Å². The Morgan fingerprint density at radius 3 is 2.12 bits per heavy atom. The van der Waals surface area contributed by atoms with Gasteiger partial charge in [-0.1, -0.05) is 42.0 Å². The normalized spacial score (nSPS) is 29.7. The number of nitro benzene ring substituents is 1. The molecule has 2 aliphatic carbocycles. The van der Waals surface area contributed by atoms with Crippen molar-refractivity contribution in [2.75, 3.05) is 9.80 Å². The number of imide groups is 2. The van der Waals surface area contributed by atoms with Crippen molar-refractivity contribution in [2.45, 2.75) is 25.7 Å². The molecule has 10 heteroatoms. The zero-order chi connectivity index (χ0) is 30.2. The first-order valence-electron chi connectivity index (χ1n) is 14.2. The molecule has 2 aliphatic heterocycles. The van der Waals surface area contributed by atoms with Gasteiger partial charge >= 0.3 is 0 Å². The van der Waals surface area contributed by atoms with E-state index >= 15 is 0 Å². The van der Waals surface area contributed by atoms with Gasteiger partial charge in [-0.3, -0.25) is 34.2 Å². The molecule has 0 unspecified atom stereocenters. The maximum Gasteiger partial charge on any atom is 0.269 e. The third-order valence-corrected chi connectivity index (χ3v) is 9.83. The van der Waals surface area contributed by atoms with E-state index in [9.17, 15) is 34.4 Å². The summed E-state index contributed by atoms with van der Waals surface area (Å²) in [5.74, 6) is -4.61. The predicted molar refractivity (Wildman–Crippen MR) is 155 cm³/mol. The summed E-state index contributed by atoms with van der Waals surface area (Å²) in [6.07, 6.45) is 2.46. The molecular formula is C33H27N3O7. The van der Waals surface area contributed by atoms with E-state index in [2.05, 4.69) is 0 Å². The van der Waals surface area contributed by atoms with Gasteiger partial charge in [0, 0.05) is 18.1 Å². The zero-order valence-corrected chi connectivity index (χ0v) is 23.1. The number of nitrogens with zero attached hydrogens (tertiary/aromatic N) is 3. The van der Waals surface area contributed by atoms with Crippen LogP contribution in [0.25, 0.3) is 0 Å². The minimum Gasteiger partial charge on any atom is -0.508 e. The molecule has 43 heavy (non-hydrogen) atoms. The highest BCUT2D eigenvalue weighted by molar-refractivity contribution is 6.25. The number of hydrogen-bond donors (Lipinski definition) is 1. The van der Waals surface area contributed by atoms with Crippen molar-refractivity contribution in [3.63, 3.8) is 0 Å². The molecule has 216 valence electrons. The maximum atomic E-state index is 14.3. The molecule has 7 rings (SSSR count). The lowest BCUT2D eigenvalue weighted by Gasteiger charge is -2.49. The molecule has 1 saturated carbocycles. The molecule has 6 atom stereocenters. The number of fused-ring (bicyclic) bond motifs is 4. The highest BCUT2D eigenvalue weighted by Gasteiger charge is 2.67. The summed E-state index contributed by atoms with van der Waals surface area (Å²) in [5, 5.41) is 21.2. The highest BCUT2D eigenvalue weighted by Crippen LogP contribution is 2.63. The van der Waals surface area contributed by atoms with E-state index in [4.69, 9.17) is 0 Å². The number of nitro groups is 1. The Labute approximate surface area is 246 Å². The van der Waals surface area contributed by atoms with E-state index < -0.39 is 45.8 Å². The van der Waals surface area contributed by atoms with Crippen LogP contribution in [0.1, 0.15) is 31.2 Å². The molecule has 0 aromatic heterocycles. The third kappa shape index (κ3) is 3.72. The third-order valence-electron chi connectivity index (χ3n) is 9.83. The van der Waals surface area contributed by atoms with Gasteiger partial charge in [0.25, 0.3) is 5.69 Å². The summed E-state index contributed by atoms with van der Waals surface area (Å²) in [5.41, 5.74) is 0.995. The molecule has 3 aromatic rings. The van der Waals surface area contributed by atoms with Gasteiger partial charge in [0.1, 0.15) is 5.75 Å². The number of phenols is 1. The lowest BCUT2D eigenvalue weighted by molar-refractivity contribution is -0.384. The predicted octanol–water partition coefficient (Wildman–Crippen LogP) is 4.74. The molecular weight excluding hydrogens is 550 g/mol. The van der Waals surface area contributed by atoms with Crippen LogP contribution in [0, 0.1) is 39.2 Å². The number of carbonyl (C=O) groups excluding carboxylic acids is 4. The van der Waals surface area contributed by atoms with Crippen LogP contribution >= 0.6 is 0 Å². The number of non-ortho nitro benzene ring substituents is 1. The van der Waals surface area contributed by atoms with E-state index in [1.54, 1.807) is 54.6 Å². The van der Waals surface area contributed by atoms with E-state index in [0.29, 0.717) is 5.69 Å². The van der Waals surface area contributed by atoms with Crippen LogP contribution in [0.5, 0.6) is 5.75 Å². The van der Waals surface area contributed by atoms with Crippen LogP contribution in [0.2, 0.25) is 0 Å². The number of benzene rings is 3. The van der Waals surface area contributed by atoms with Crippen molar-refractivity contribution < 1.29 is 29.2 Å². The van der Waals surface area contributed by atoms with Crippen LogP contribution < -0.4 is 9.80 Å². The quantitative estimate of drug-likeness (QED) is 0.205. The second-order valence-electron chi connectivity index (χ2n) is 11.9. The molecule has 0 spiro atoms. The van der Waals surface area contributed by atoms with Crippen LogP contribution in [-0.4, -0.2) is 33.7 Å². The van der Waals surface area contributed by atoms with Gasteiger partial charge < -0.3 is 5.11 Å². The molecule has 0 radical (unpaired) electrons. The van der Waals surface area contributed by atoms with Crippen LogP contribution in [0.15, 0.2) is 90.5 Å². The number of allylic oxidation sites excluding steroid dienone is 2. The smallest absolute Gasteiger partial charge is 0.269 e. The first kappa shape index (κ1) is 26.8. The number of rotatable bonds is 4. The summed E-state index contributed by atoms with van der Waals surface area (Å²) in [7, 11) is 0. The molecule has 1 N–H and O–H groups in total. The molecule has 3 aromatic carbocycles. The molecule has 0 bridgehead atoms. The van der Waals surface area contributed by atoms with Crippen LogP contribution in [0.3, 0.4) is 0 Å². The number of hydrogen-bond acceptors (Lipinski definition) is 7. The highest BCUT2D eigenvalue weighted by atomic mass is 16.6. The number of aromatic hydroxyl groups is 1. The average molecular weight is 578 g/mol. The second-order valence-corrected chi connectivity index (χ2v) is 11.9. The lowest BCUT2D eigenvalue weighted by atomic mass is 9.51. The molecule has 4 amide bonds. The number of carbonyl (C=O) groups is 4. The van der Waals surface area contributed by atoms with Crippen molar-refractivity contribution in [3.05, 3.63) is 106 Å². The summed E-state index contributed by atoms with van der Waals surface area (Å²) < 4.78 is 0. The summed E-state index contributed by atoms with van der Waals surface area (Å²) in [4.78, 5) is 69.1. The topological polar surface area (TPSA) is 138 Å². The zero-order valence-electron chi connectivity index (χ0n) is 23.1. The molecule has 2 saturated heterocycles. The Balaban J connectivity index is 1.33. The summed E-state index contributed by atoms with van der Waals surface area (Å²) >= 11 is 0. The molecule has 10 nitrogen and oxygen atoms in total. The number of para-hydroxylation sites is 1. The monoisotopic (exact) mass is 577 g/mol. The Morgan fingerprint density at radius 2 is 1.47 bits per heavy atom. The molecule has 3 fully saturated rings. The van der Waals surface area contributed by atoms with Gasteiger partial charge in [-0.2, -0.15) is 0 Å². The van der Waals surface area contributed by atoms with Crippen molar-refractivity contribution in [1.82, 2.24) is 0 Å². The Hall–Kier alpha value is -5.12. The van der Waals surface area contributed by atoms with Crippen LogP contribution in [-0.2, 0) is 19.2 Å². The number of anilines is 2. The maximum absolute atomic E-state index is 14.3. The van der Waals surface area contributed by atoms with Gasteiger partial charge in [-0.15, -0.1) is 0 Å². The standard InChI is InChI=1S/C33H27N3O7/c1-33-26(30(39)35(32(33)41)19-5-3-2-4-6-19)17-25-23(28(33)18-7-13-22(37)14-8-18)15-16-24-27(25)31(40)34(29(24)38)20-9-11-21(12-10-20)36(42)43/h2-15,24-28,37H,16-17H2,1H3/t24-,25+,26-,27-,28-,33+/m0/s1. The van der Waals surface area contributed by atoms with Crippen molar-refractivity contribution >= 4 is 40.7 Å². The summed E-state index contributed by atoms with van der Waals surface area (Å²) in [6.45, 7) is 1.81. The van der Waals surface area contributed by atoms with E-state index in [0.717, 1.165) is 16.0 Å². The van der Waals surface area contributed by atoms with Gasteiger partial charge in [-0.25, -0.2) is 4.90 Å². The van der Waals surface area contributed by atoms with Crippen LogP contribution in [0.4, 0.5) is 17.1 Å². The average Bonchev–Trinajstić information content (AvgIpc) is 3.37. The largest absolute Gasteiger partial charge is 0.508 e. The lowest BCUT2D eigenvalue weighted by Crippen LogP contribution is -2.48. The fraction of sp³-hybridized carbons (Fsp3) is 0.273. The van der Waals surface area contributed by atoms with E-state index in [1.807, 2.05) is 13.0 Å². The Morgan fingerprint density at radius 1 is 0.814 bits per heavy atom. The molecule has 2 heterocycles. The minimum absolute atomic E-state index is 0.0607. The first-order chi connectivity index (χ1) is 20.6. The first-order valence-corrected chi connectivity index (χ1v) is 14.2. The van der Waals surface area contributed by atoms with Crippen molar-refractivity contribution in [3.8, 4) is 5.75 Å². The molecule has 4 aliphatic rings. The van der Waals surface area contributed by atoms with E-state index in [1.165, 1.54) is 29.2 Å². The fourth-order valence-electron chi connectivity index (χ4n) is 7.86. The van der Waals surface area contributed by atoms with Gasteiger partial charge in [0.2, 0.25) is 23.6 Å². The van der Waals surface area contributed by atoms with Gasteiger partial charge in [0.05, 0.1) is 39.5 Å². The van der Waals surface area contributed by atoms with Crippen molar-refractivity contribution in [2.24, 2.45) is 29.1 Å². The SMILES string of the molecule is C[C@@]12C(=O)N(c3ccccc3)C(=O)[C@@H]1C[C@@H]1C(=CC[C@@H]3C(=O)N(c4ccc([N+](=O)[O-])cc4)C(=O)[C@@H]31)[C@@H]2c1ccc(O)cc1. The summed E-state index contributed by atoms with van der Waals surface area (Å²) in [6, 6.07) is 20.6. The second kappa shape index (κ2) is 9.45.